The van der Waals surface area contributed by atoms with Crippen molar-refractivity contribution in [2.45, 2.75) is 32.1 Å². The first kappa shape index (κ1) is 16.2. The van der Waals surface area contributed by atoms with Gasteiger partial charge in [-0.15, -0.1) is 12.4 Å². The molecule has 116 valence electrons. The predicted octanol–water partition coefficient (Wildman–Crippen LogP) is 1.15. The molecule has 1 saturated heterocycles. The lowest BCUT2D eigenvalue weighted by molar-refractivity contribution is 0.0535. The number of esters is 1. The summed E-state index contributed by atoms with van der Waals surface area (Å²) in [6.07, 6.45) is 0.430. The molecule has 1 aromatic carbocycles. The van der Waals surface area contributed by atoms with E-state index in [4.69, 9.17) is 10.5 Å². The van der Waals surface area contributed by atoms with E-state index in [1.165, 1.54) is 0 Å². The first-order chi connectivity index (χ1) is 9.56. The van der Waals surface area contributed by atoms with Crippen LogP contribution in [0.4, 0.5) is 0 Å². The van der Waals surface area contributed by atoms with Crippen molar-refractivity contribution in [3.8, 4) is 0 Å². The van der Waals surface area contributed by atoms with Crippen molar-refractivity contribution in [1.29, 1.82) is 0 Å². The first-order valence-corrected chi connectivity index (χ1v) is 7.01. The number of rotatable bonds is 3. The minimum Gasteiger partial charge on any atom is -0.457 e. The third-order valence-corrected chi connectivity index (χ3v) is 4.31. The number of hydrogen-bond acceptors (Lipinski definition) is 5. The summed E-state index contributed by atoms with van der Waals surface area (Å²) in [7, 11) is 0. The second-order valence-electron chi connectivity index (χ2n) is 5.71. The van der Waals surface area contributed by atoms with Gasteiger partial charge in [0.15, 0.2) is 0 Å². The summed E-state index contributed by atoms with van der Waals surface area (Å²) in [6.45, 7) is 4.61. The molecular weight excluding hydrogens is 292 g/mol. The molecule has 0 amide bonds. The van der Waals surface area contributed by atoms with E-state index < -0.39 is 6.10 Å². The number of fused-ring (bicyclic) bond motifs is 1. The first-order valence-electron chi connectivity index (χ1n) is 7.01. The van der Waals surface area contributed by atoms with Crippen LogP contribution in [0, 0.1) is 6.92 Å². The highest BCUT2D eigenvalue weighted by atomic mass is 35.5. The Bertz CT molecular complexity index is 550. The van der Waals surface area contributed by atoms with Gasteiger partial charge < -0.3 is 15.6 Å². The van der Waals surface area contributed by atoms with Gasteiger partial charge in [0.1, 0.15) is 6.61 Å². The number of halogens is 1. The predicted molar refractivity (Wildman–Crippen MR) is 81.5 cm³/mol. The van der Waals surface area contributed by atoms with Gasteiger partial charge in [0.25, 0.3) is 0 Å². The van der Waals surface area contributed by atoms with Crippen LogP contribution in [-0.2, 0) is 11.3 Å². The van der Waals surface area contributed by atoms with Crippen molar-refractivity contribution >= 4 is 18.4 Å². The number of aliphatic hydroxyl groups excluding tert-OH is 1. The van der Waals surface area contributed by atoms with E-state index in [-0.39, 0.29) is 24.4 Å². The van der Waals surface area contributed by atoms with Gasteiger partial charge in [-0.2, -0.15) is 0 Å². The Morgan fingerprint density at radius 3 is 2.95 bits per heavy atom. The lowest BCUT2D eigenvalue weighted by atomic mass is 9.95. The van der Waals surface area contributed by atoms with Crippen molar-refractivity contribution < 1.29 is 14.6 Å². The molecule has 0 saturated carbocycles. The summed E-state index contributed by atoms with van der Waals surface area (Å²) in [5.74, 6) is -0.269. The highest BCUT2D eigenvalue weighted by Gasteiger charge is 2.27. The molecule has 21 heavy (non-hydrogen) atoms. The van der Waals surface area contributed by atoms with E-state index in [2.05, 4.69) is 4.90 Å². The number of hydrogen-bond donors (Lipinski definition) is 2. The number of carbonyl (C=O) groups excluding carboxylic acids is 1. The van der Waals surface area contributed by atoms with E-state index in [9.17, 15) is 9.90 Å². The summed E-state index contributed by atoms with van der Waals surface area (Å²) in [5.41, 5.74) is 9.25. The Morgan fingerprint density at radius 1 is 1.52 bits per heavy atom. The fraction of sp³-hybridized carbons (Fsp3) is 0.533. The summed E-state index contributed by atoms with van der Waals surface area (Å²) in [5, 5.41) is 10.4. The van der Waals surface area contributed by atoms with Crippen LogP contribution in [-0.4, -0.2) is 41.7 Å². The minimum absolute atomic E-state index is 0. The van der Waals surface area contributed by atoms with Crippen molar-refractivity contribution in [2.75, 3.05) is 19.6 Å². The van der Waals surface area contributed by atoms with Gasteiger partial charge in [-0.05, 0) is 37.1 Å². The van der Waals surface area contributed by atoms with E-state index in [1.807, 2.05) is 13.0 Å². The Kier molecular flexibility index (Phi) is 4.88. The third kappa shape index (κ3) is 3.06. The van der Waals surface area contributed by atoms with Gasteiger partial charge in [0.05, 0.1) is 11.7 Å². The monoisotopic (exact) mass is 312 g/mol. The second-order valence-corrected chi connectivity index (χ2v) is 5.71. The number of ether oxygens (including phenoxy) is 1. The number of aliphatic hydroxyl groups is 1. The average molecular weight is 313 g/mol. The fourth-order valence-electron chi connectivity index (χ4n) is 3.10. The third-order valence-electron chi connectivity index (χ3n) is 4.31. The quantitative estimate of drug-likeness (QED) is 0.819. The largest absolute Gasteiger partial charge is 0.457 e. The topological polar surface area (TPSA) is 75.8 Å². The summed E-state index contributed by atoms with van der Waals surface area (Å²) >= 11 is 0. The van der Waals surface area contributed by atoms with Gasteiger partial charge in [0, 0.05) is 24.7 Å². The minimum atomic E-state index is -0.554. The van der Waals surface area contributed by atoms with Crippen LogP contribution < -0.4 is 5.73 Å². The number of nitrogens with two attached hydrogens (primary N) is 1. The van der Waals surface area contributed by atoms with Crippen LogP contribution in [0.2, 0.25) is 0 Å². The van der Waals surface area contributed by atoms with Gasteiger partial charge in [-0.1, -0.05) is 6.07 Å². The number of likely N-dealkylation sites (tertiary alicyclic amines) is 1. The fourth-order valence-corrected chi connectivity index (χ4v) is 3.10. The molecule has 5 nitrogen and oxygen atoms in total. The zero-order chi connectivity index (χ0) is 14.3. The van der Waals surface area contributed by atoms with E-state index in [0.717, 1.165) is 36.2 Å². The smallest absolute Gasteiger partial charge is 0.338 e. The lowest BCUT2D eigenvalue weighted by Crippen LogP contribution is -2.30. The Hall–Kier alpha value is -1.14. The van der Waals surface area contributed by atoms with Crippen LogP contribution in [0.15, 0.2) is 12.1 Å². The molecule has 0 unspecified atom stereocenters. The van der Waals surface area contributed by atoms with Crippen molar-refractivity contribution in [1.82, 2.24) is 4.90 Å². The molecule has 2 aliphatic heterocycles. The normalized spacial score (nSPS) is 22.6. The zero-order valence-corrected chi connectivity index (χ0v) is 12.9. The van der Waals surface area contributed by atoms with Gasteiger partial charge >= 0.3 is 5.97 Å². The molecule has 6 heteroatoms. The van der Waals surface area contributed by atoms with Crippen molar-refractivity contribution in [3.63, 3.8) is 0 Å². The molecule has 3 rings (SSSR count). The summed E-state index contributed by atoms with van der Waals surface area (Å²) in [4.78, 5) is 13.7. The van der Waals surface area contributed by atoms with Crippen molar-refractivity contribution in [3.05, 3.63) is 34.4 Å². The Labute approximate surface area is 130 Å². The van der Waals surface area contributed by atoms with Crippen LogP contribution in [0.25, 0.3) is 0 Å². The maximum Gasteiger partial charge on any atom is 0.338 e. The highest BCUT2D eigenvalue weighted by Crippen LogP contribution is 2.29. The number of nitrogens with zero attached hydrogens (tertiary/aromatic N) is 1. The molecule has 0 aromatic heterocycles. The molecule has 2 heterocycles. The van der Waals surface area contributed by atoms with Gasteiger partial charge in [-0.3, -0.25) is 4.90 Å². The van der Waals surface area contributed by atoms with E-state index >= 15 is 0 Å². The van der Waals surface area contributed by atoms with Crippen molar-refractivity contribution in [2.24, 2.45) is 5.73 Å². The Balaban J connectivity index is 0.00000161. The zero-order valence-electron chi connectivity index (χ0n) is 12.0. The second kappa shape index (κ2) is 6.32. The van der Waals surface area contributed by atoms with Gasteiger partial charge in [-0.25, -0.2) is 4.79 Å². The summed E-state index contributed by atoms with van der Waals surface area (Å²) < 4.78 is 5.04. The molecule has 1 fully saturated rings. The maximum absolute atomic E-state index is 11.5. The average Bonchev–Trinajstić information content (AvgIpc) is 2.97. The summed E-state index contributed by atoms with van der Waals surface area (Å²) in [6, 6.07) is 3.81. The van der Waals surface area contributed by atoms with E-state index in [1.54, 1.807) is 6.07 Å². The molecule has 1 aromatic rings. The highest BCUT2D eigenvalue weighted by molar-refractivity contribution is 5.93. The molecule has 0 aliphatic carbocycles. The molecule has 0 radical (unpaired) electrons. The maximum atomic E-state index is 11.5. The lowest BCUT2D eigenvalue weighted by Gasteiger charge is -2.21. The van der Waals surface area contributed by atoms with E-state index in [0.29, 0.717) is 18.7 Å². The van der Waals surface area contributed by atoms with Crippen LogP contribution >= 0.6 is 12.4 Å². The van der Waals surface area contributed by atoms with Crippen LogP contribution in [0.3, 0.4) is 0 Å². The molecule has 2 atom stereocenters. The standard InChI is InChI=1S/C15H20N2O3.ClH/c1-9-11(2-3-12-13(9)8-20-15(12)19)14(18)7-17-5-4-10(16)6-17;/h2-3,10,14,18H,4-8,16H2,1H3;1H/t10-,14+;/m1./s1. The molecule has 0 spiro atoms. The molecular formula is C15H21ClN2O3. The SMILES string of the molecule is Cc1c([C@@H](O)CN2CC[C@@H](N)C2)ccc2c1COC2=O.Cl. The number of β-amino-alcohol motifs (C(OH)–C–C–N with tert-alkyl or cyclic N) is 1. The Morgan fingerprint density at radius 2 is 2.29 bits per heavy atom. The van der Waals surface area contributed by atoms with Gasteiger partial charge in [0.2, 0.25) is 0 Å². The molecule has 2 aliphatic rings. The molecule has 0 bridgehead atoms. The van der Waals surface area contributed by atoms with Crippen LogP contribution in [0.1, 0.15) is 39.6 Å². The number of cyclic esters (lactones) is 1. The van der Waals surface area contributed by atoms with Crippen LogP contribution in [0.5, 0.6) is 0 Å². The number of benzene rings is 1. The number of carbonyl (C=O) groups is 1. The molecule has 3 N–H and O–H groups in total.